The van der Waals surface area contributed by atoms with E-state index in [0.29, 0.717) is 17.8 Å². The normalized spacial score (nSPS) is 16.5. The highest BCUT2D eigenvalue weighted by atomic mass is 16.3. The predicted molar refractivity (Wildman–Crippen MR) is 105 cm³/mol. The van der Waals surface area contributed by atoms with Crippen LogP contribution in [0.2, 0.25) is 0 Å². The molecule has 1 fully saturated rings. The molecule has 7 heteroatoms. The first-order chi connectivity index (χ1) is 13.1. The summed E-state index contributed by atoms with van der Waals surface area (Å²) in [6.45, 7) is 2.91. The molecule has 1 atom stereocenters. The molecule has 144 valence electrons. The van der Waals surface area contributed by atoms with Crippen molar-refractivity contribution in [1.82, 2.24) is 20.2 Å². The maximum atomic E-state index is 12.3. The average Bonchev–Trinajstić information content (AvgIpc) is 2.95. The third kappa shape index (κ3) is 5.74. The molecule has 2 aromatic rings. The molecule has 2 heterocycles. The van der Waals surface area contributed by atoms with Crippen LogP contribution in [0.1, 0.15) is 36.0 Å². The number of likely N-dealkylation sites (tertiary alicyclic amines) is 1. The number of aliphatic hydroxyl groups is 1. The summed E-state index contributed by atoms with van der Waals surface area (Å²) in [4.78, 5) is 22.6. The highest BCUT2D eigenvalue weighted by Gasteiger charge is 2.15. The summed E-state index contributed by atoms with van der Waals surface area (Å²) in [6.07, 6.45) is 5.94. The van der Waals surface area contributed by atoms with Crippen LogP contribution in [0.4, 0.5) is 5.95 Å². The van der Waals surface area contributed by atoms with Crippen LogP contribution in [-0.4, -0.2) is 58.2 Å². The molecule has 0 unspecified atom stereocenters. The van der Waals surface area contributed by atoms with Gasteiger partial charge in [0.05, 0.1) is 11.8 Å². The number of nitrogens with two attached hydrogens (primary N) is 1. The predicted octanol–water partition coefficient (Wildman–Crippen LogP) is 1.69. The number of rotatable bonds is 6. The highest BCUT2D eigenvalue weighted by molar-refractivity contribution is 5.94. The number of nitrogens with zero attached hydrogens (tertiary/aromatic N) is 3. The van der Waals surface area contributed by atoms with Crippen molar-refractivity contribution in [2.75, 3.05) is 31.9 Å². The quantitative estimate of drug-likeness (QED) is 0.716. The van der Waals surface area contributed by atoms with E-state index in [4.69, 9.17) is 5.73 Å². The summed E-state index contributed by atoms with van der Waals surface area (Å²) >= 11 is 0. The number of benzene rings is 1. The van der Waals surface area contributed by atoms with Crippen molar-refractivity contribution in [3.8, 4) is 11.3 Å². The molecular formula is C20H27N5O2. The van der Waals surface area contributed by atoms with E-state index in [0.717, 1.165) is 18.7 Å². The smallest absolute Gasteiger partial charge is 0.251 e. The lowest BCUT2D eigenvalue weighted by atomic mass is 10.1. The summed E-state index contributed by atoms with van der Waals surface area (Å²) in [7, 11) is 0. The Morgan fingerprint density at radius 2 is 1.85 bits per heavy atom. The van der Waals surface area contributed by atoms with E-state index in [2.05, 4.69) is 20.2 Å². The van der Waals surface area contributed by atoms with Gasteiger partial charge in [-0.15, -0.1) is 0 Å². The molecule has 1 aromatic heterocycles. The van der Waals surface area contributed by atoms with Gasteiger partial charge in [0.1, 0.15) is 0 Å². The van der Waals surface area contributed by atoms with E-state index in [9.17, 15) is 9.90 Å². The molecule has 0 radical (unpaired) electrons. The highest BCUT2D eigenvalue weighted by Crippen LogP contribution is 2.17. The lowest BCUT2D eigenvalue weighted by Gasteiger charge is -2.23. The minimum Gasteiger partial charge on any atom is -0.390 e. The Bertz CT molecular complexity index is 742. The number of nitrogens with one attached hydrogen (secondary N) is 1. The minimum atomic E-state index is -0.560. The first-order valence-electron chi connectivity index (χ1n) is 9.49. The van der Waals surface area contributed by atoms with E-state index >= 15 is 0 Å². The molecule has 1 aliphatic rings. The van der Waals surface area contributed by atoms with Gasteiger partial charge in [-0.05, 0) is 44.1 Å². The van der Waals surface area contributed by atoms with Crippen LogP contribution in [0.25, 0.3) is 11.3 Å². The van der Waals surface area contributed by atoms with E-state index in [1.54, 1.807) is 24.4 Å². The van der Waals surface area contributed by atoms with E-state index in [1.807, 2.05) is 12.1 Å². The molecule has 27 heavy (non-hydrogen) atoms. The first-order valence-corrected chi connectivity index (χ1v) is 9.49. The van der Waals surface area contributed by atoms with Gasteiger partial charge in [0, 0.05) is 30.4 Å². The molecule has 3 rings (SSSR count). The van der Waals surface area contributed by atoms with Crippen molar-refractivity contribution >= 4 is 11.9 Å². The number of aliphatic hydroxyl groups excluding tert-OH is 1. The fourth-order valence-corrected chi connectivity index (χ4v) is 3.32. The molecule has 1 amide bonds. The molecule has 7 nitrogen and oxygen atoms in total. The van der Waals surface area contributed by atoms with Gasteiger partial charge < -0.3 is 21.1 Å². The lowest BCUT2D eigenvalue weighted by Crippen LogP contribution is -2.40. The van der Waals surface area contributed by atoms with Crippen LogP contribution in [0.15, 0.2) is 36.5 Å². The molecule has 0 aliphatic carbocycles. The van der Waals surface area contributed by atoms with Crippen LogP contribution in [0, 0.1) is 0 Å². The van der Waals surface area contributed by atoms with Crippen LogP contribution < -0.4 is 11.1 Å². The zero-order valence-corrected chi connectivity index (χ0v) is 15.5. The fourth-order valence-electron chi connectivity index (χ4n) is 3.32. The number of amides is 1. The molecule has 1 saturated heterocycles. The second kappa shape index (κ2) is 9.43. The van der Waals surface area contributed by atoms with Crippen LogP contribution in [0.5, 0.6) is 0 Å². The molecule has 0 saturated carbocycles. The molecular weight excluding hydrogens is 342 g/mol. The van der Waals surface area contributed by atoms with Gasteiger partial charge >= 0.3 is 0 Å². The van der Waals surface area contributed by atoms with Gasteiger partial charge in [-0.25, -0.2) is 9.97 Å². The van der Waals surface area contributed by atoms with Crippen molar-refractivity contribution < 1.29 is 9.90 Å². The Hall–Kier alpha value is -2.51. The second-order valence-corrected chi connectivity index (χ2v) is 6.96. The van der Waals surface area contributed by atoms with E-state index in [1.165, 1.54) is 25.7 Å². The van der Waals surface area contributed by atoms with Crippen molar-refractivity contribution in [1.29, 1.82) is 0 Å². The number of aromatic nitrogens is 2. The standard InChI is InChI=1S/C20H27N5O2/c21-20-22-10-9-18(24-20)15-5-7-16(8-6-15)19(27)23-13-17(26)14-25-11-3-1-2-4-12-25/h5-10,17,26H,1-4,11-14H2,(H,23,27)(H2,21,22,24)/t17-/m1/s1. The molecule has 0 bridgehead atoms. The minimum absolute atomic E-state index is 0.196. The van der Waals surface area contributed by atoms with Crippen molar-refractivity contribution in [2.45, 2.75) is 31.8 Å². The van der Waals surface area contributed by atoms with Gasteiger partial charge in [-0.2, -0.15) is 0 Å². The first kappa shape index (κ1) is 19.3. The average molecular weight is 369 g/mol. The number of hydrogen-bond acceptors (Lipinski definition) is 6. The third-order valence-corrected chi connectivity index (χ3v) is 4.78. The lowest BCUT2D eigenvalue weighted by molar-refractivity contribution is 0.0862. The van der Waals surface area contributed by atoms with Crippen LogP contribution in [0.3, 0.4) is 0 Å². The van der Waals surface area contributed by atoms with Gasteiger partial charge in [-0.1, -0.05) is 25.0 Å². The molecule has 1 aromatic carbocycles. The summed E-state index contributed by atoms with van der Waals surface area (Å²) in [5, 5.41) is 13.0. The third-order valence-electron chi connectivity index (χ3n) is 4.78. The van der Waals surface area contributed by atoms with Gasteiger partial charge in [0.25, 0.3) is 5.91 Å². The van der Waals surface area contributed by atoms with Crippen molar-refractivity contribution in [2.24, 2.45) is 0 Å². The zero-order valence-electron chi connectivity index (χ0n) is 15.5. The largest absolute Gasteiger partial charge is 0.390 e. The number of β-amino-alcohol motifs (C(OH)–C–C–N with tert-alkyl or cyclic N) is 1. The Labute approximate surface area is 159 Å². The van der Waals surface area contributed by atoms with Gasteiger partial charge in [0.15, 0.2) is 0 Å². The fraction of sp³-hybridized carbons (Fsp3) is 0.450. The maximum absolute atomic E-state index is 12.3. The maximum Gasteiger partial charge on any atom is 0.251 e. The van der Waals surface area contributed by atoms with E-state index < -0.39 is 6.10 Å². The number of anilines is 1. The van der Waals surface area contributed by atoms with E-state index in [-0.39, 0.29) is 18.4 Å². The summed E-state index contributed by atoms with van der Waals surface area (Å²) in [5.41, 5.74) is 7.72. The molecule has 4 N–H and O–H groups in total. The Balaban J connectivity index is 1.50. The number of carbonyl (C=O) groups is 1. The topological polar surface area (TPSA) is 104 Å². The molecule has 1 aliphatic heterocycles. The SMILES string of the molecule is Nc1nccc(-c2ccc(C(=O)NC[C@@H](O)CN3CCCCCC3)cc2)n1. The van der Waals surface area contributed by atoms with Gasteiger partial charge in [-0.3, -0.25) is 4.79 Å². The van der Waals surface area contributed by atoms with Gasteiger partial charge in [0.2, 0.25) is 5.95 Å². The monoisotopic (exact) mass is 369 g/mol. The summed E-state index contributed by atoms with van der Waals surface area (Å²) < 4.78 is 0. The van der Waals surface area contributed by atoms with Crippen LogP contribution >= 0.6 is 0 Å². The number of nitrogen functional groups attached to an aromatic ring is 1. The number of hydrogen-bond donors (Lipinski definition) is 3. The summed E-state index contributed by atoms with van der Waals surface area (Å²) in [6, 6.07) is 8.90. The summed E-state index contributed by atoms with van der Waals surface area (Å²) in [5.74, 6) is 0.0198. The molecule has 0 spiro atoms. The zero-order chi connectivity index (χ0) is 19.1. The van der Waals surface area contributed by atoms with Crippen molar-refractivity contribution in [3.63, 3.8) is 0 Å². The second-order valence-electron chi connectivity index (χ2n) is 6.96. The Morgan fingerprint density at radius 3 is 2.52 bits per heavy atom. The Kier molecular flexibility index (Phi) is 6.73. The van der Waals surface area contributed by atoms with Crippen LogP contribution in [-0.2, 0) is 0 Å². The Morgan fingerprint density at radius 1 is 1.15 bits per heavy atom. The van der Waals surface area contributed by atoms with Crippen molar-refractivity contribution in [3.05, 3.63) is 42.1 Å². The number of carbonyl (C=O) groups excluding carboxylic acids is 1.